The van der Waals surface area contributed by atoms with Gasteiger partial charge in [-0.3, -0.25) is 0 Å². The topological polar surface area (TPSA) is 85.6 Å². The molecule has 4 heterocycles. The van der Waals surface area contributed by atoms with Crippen LogP contribution in [-0.4, -0.2) is 45.9 Å². The van der Waals surface area contributed by atoms with Gasteiger partial charge in [0, 0.05) is 37.4 Å². The van der Waals surface area contributed by atoms with E-state index in [0.717, 1.165) is 68.2 Å². The molecule has 0 amide bonds. The third kappa shape index (κ3) is 4.97. The lowest BCUT2D eigenvalue weighted by atomic mass is 9.76. The van der Waals surface area contributed by atoms with Crippen molar-refractivity contribution in [3.8, 4) is 5.75 Å². The molecule has 0 aliphatic carbocycles. The first-order valence-corrected chi connectivity index (χ1v) is 12.7. The number of hydrogen-bond donors (Lipinski definition) is 2. The molecule has 1 aromatic carbocycles. The van der Waals surface area contributed by atoms with Crippen LogP contribution in [0.4, 0.5) is 11.9 Å². The Hall–Kier alpha value is -2.87. The van der Waals surface area contributed by atoms with Crippen molar-refractivity contribution >= 4 is 17.5 Å². The van der Waals surface area contributed by atoms with Crippen molar-refractivity contribution in [1.82, 2.24) is 19.6 Å². The monoisotopic (exact) mass is 464 g/mol. The van der Waals surface area contributed by atoms with Crippen LogP contribution in [0.2, 0.25) is 0 Å². The van der Waals surface area contributed by atoms with Gasteiger partial charge in [-0.15, -0.1) is 0 Å². The van der Waals surface area contributed by atoms with Gasteiger partial charge in [0.1, 0.15) is 5.75 Å². The van der Waals surface area contributed by atoms with Gasteiger partial charge in [-0.25, -0.2) is 0 Å². The molecule has 8 nitrogen and oxygen atoms in total. The predicted molar refractivity (Wildman–Crippen MR) is 134 cm³/mol. The summed E-state index contributed by atoms with van der Waals surface area (Å²) < 4.78 is 13.7. The fraction of sp³-hybridized carbons (Fsp3) is 0.577. The van der Waals surface area contributed by atoms with Crippen molar-refractivity contribution in [2.75, 3.05) is 37.0 Å². The summed E-state index contributed by atoms with van der Waals surface area (Å²) in [6, 6.07) is 8.22. The fourth-order valence-corrected chi connectivity index (χ4v) is 5.01. The minimum absolute atomic E-state index is 0.215. The second-order valence-corrected chi connectivity index (χ2v) is 9.95. The average molecular weight is 465 g/mol. The summed E-state index contributed by atoms with van der Waals surface area (Å²) in [5.74, 6) is 2.58. The molecule has 1 fully saturated rings. The zero-order valence-electron chi connectivity index (χ0n) is 20.3. The smallest absolute Gasteiger partial charge is 0.229 e. The Morgan fingerprint density at radius 3 is 2.68 bits per heavy atom. The molecule has 2 aliphatic heterocycles. The number of benzene rings is 1. The summed E-state index contributed by atoms with van der Waals surface area (Å²) in [5, 5.41) is 11.7. The molecule has 0 unspecified atom stereocenters. The van der Waals surface area contributed by atoms with E-state index in [2.05, 4.69) is 35.6 Å². The van der Waals surface area contributed by atoms with Crippen molar-refractivity contribution < 1.29 is 9.47 Å². The van der Waals surface area contributed by atoms with Gasteiger partial charge in [0.25, 0.3) is 0 Å². The van der Waals surface area contributed by atoms with Crippen LogP contribution in [0.1, 0.15) is 69.4 Å². The zero-order valence-corrected chi connectivity index (χ0v) is 20.3. The Morgan fingerprint density at radius 2 is 1.82 bits per heavy atom. The molecule has 34 heavy (non-hydrogen) atoms. The Labute approximate surface area is 201 Å². The SMILES string of the molecule is CC(C)c1cnn2c3nc(nc12)NCC1(CCCCCOc2ccccc2CN3)CCOCC1. The lowest BCUT2D eigenvalue weighted by Crippen LogP contribution is -2.36. The maximum Gasteiger partial charge on any atom is 0.229 e. The number of anilines is 2. The van der Waals surface area contributed by atoms with Crippen LogP contribution in [0.5, 0.6) is 5.75 Å². The third-order valence-electron chi connectivity index (χ3n) is 7.21. The second-order valence-electron chi connectivity index (χ2n) is 9.95. The molecule has 2 N–H and O–H groups in total. The molecule has 0 saturated carbocycles. The predicted octanol–water partition coefficient (Wildman–Crippen LogP) is 5.02. The normalized spacial score (nSPS) is 19.3. The van der Waals surface area contributed by atoms with Gasteiger partial charge in [-0.1, -0.05) is 44.9 Å². The van der Waals surface area contributed by atoms with Gasteiger partial charge in [0.05, 0.1) is 12.8 Å². The van der Waals surface area contributed by atoms with Crippen molar-refractivity contribution in [2.24, 2.45) is 5.41 Å². The zero-order chi connectivity index (χ0) is 23.4. The first-order chi connectivity index (χ1) is 16.6. The molecule has 8 heteroatoms. The molecule has 0 radical (unpaired) electrons. The molecule has 182 valence electrons. The lowest BCUT2D eigenvalue weighted by Gasteiger charge is -2.37. The van der Waals surface area contributed by atoms with Crippen LogP contribution in [0.15, 0.2) is 30.5 Å². The van der Waals surface area contributed by atoms with Crippen molar-refractivity contribution in [1.29, 1.82) is 0 Å². The summed E-state index contributed by atoms with van der Waals surface area (Å²) in [5.41, 5.74) is 3.29. The van der Waals surface area contributed by atoms with Crippen molar-refractivity contribution in [3.05, 3.63) is 41.6 Å². The maximum atomic E-state index is 6.18. The summed E-state index contributed by atoms with van der Waals surface area (Å²) in [7, 11) is 0. The number of aromatic nitrogens is 4. The average Bonchev–Trinajstić information content (AvgIpc) is 3.29. The first kappa shape index (κ1) is 22.9. The Bertz CT molecular complexity index is 1110. The Balaban J connectivity index is 1.50. The van der Waals surface area contributed by atoms with Crippen molar-refractivity contribution in [3.63, 3.8) is 0 Å². The summed E-state index contributed by atoms with van der Waals surface area (Å²) in [4.78, 5) is 9.74. The Kier molecular flexibility index (Phi) is 6.85. The molecule has 1 saturated heterocycles. The summed E-state index contributed by atoms with van der Waals surface area (Å²) in [6.07, 6.45) is 8.65. The van der Waals surface area contributed by atoms with E-state index in [1.807, 2.05) is 28.9 Å². The highest BCUT2D eigenvalue weighted by Gasteiger charge is 2.32. The van der Waals surface area contributed by atoms with E-state index in [1.54, 1.807) is 0 Å². The van der Waals surface area contributed by atoms with E-state index in [-0.39, 0.29) is 5.41 Å². The second kappa shape index (κ2) is 10.2. The number of nitrogens with one attached hydrogen (secondary N) is 2. The van der Waals surface area contributed by atoms with E-state index < -0.39 is 0 Å². The van der Waals surface area contributed by atoms with Gasteiger partial charge >= 0.3 is 0 Å². The van der Waals surface area contributed by atoms with Gasteiger partial charge < -0.3 is 20.1 Å². The minimum Gasteiger partial charge on any atom is -0.493 e. The number of rotatable bonds is 1. The highest BCUT2D eigenvalue weighted by atomic mass is 16.5. The Morgan fingerprint density at radius 1 is 0.971 bits per heavy atom. The highest BCUT2D eigenvalue weighted by Crippen LogP contribution is 2.36. The molecule has 1 spiro atoms. The van der Waals surface area contributed by atoms with E-state index >= 15 is 0 Å². The molecule has 2 aliphatic rings. The summed E-state index contributed by atoms with van der Waals surface area (Å²) in [6.45, 7) is 8.19. The molecular weight excluding hydrogens is 428 g/mol. The number of para-hydroxylation sites is 1. The molecular formula is C26H36N6O2. The number of fused-ring (bicyclic) bond motifs is 5. The molecule has 5 rings (SSSR count). The highest BCUT2D eigenvalue weighted by molar-refractivity contribution is 5.56. The quantitative estimate of drug-likeness (QED) is 0.523. The van der Waals surface area contributed by atoms with Crippen LogP contribution in [0.3, 0.4) is 0 Å². The van der Waals surface area contributed by atoms with Crippen LogP contribution in [0.25, 0.3) is 5.65 Å². The van der Waals surface area contributed by atoms with Gasteiger partial charge in [-0.05, 0) is 43.1 Å². The van der Waals surface area contributed by atoms with Crippen LogP contribution in [0, 0.1) is 5.41 Å². The molecule has 2 bridgehead atoms. The van der Waals surface area contributed by atoms with E-state index in [4.69, 9.17) is 19.4 Å². The maximum absolute atomic E-state index is 6.18. The fourth-order valence-electron chi connectivity index (χ4n) is 5.01. The minimum atomic E-state index is 0.215. The number of nitrogens with zero attached hydrogens (tertiary/aromatic N) is 4. The van der Waals surface area contributed by atoms with E-state index in [0.29, 0.717) is 24.4 Å². The first-order valence-electron chi connectivity index (χ1n) is 12.7. The van der Waals surface area contributed by atoms with Crippen LogP contribution < -0.4 is 15.4 Å². The van der Waals surface area contributed by atoms with Gasteiger partial charge in [0.2, 0.25) is 11.9 Å². The van der Waals surface area contributed by atoms with Gasteiger partial charge in [-0.2, -0.15) is 19.6 Å². The largest absolute Gasteiger partial charge is 0.493 e. The lowest BCUT2D eigenvalue weighted by molar-refractivity contribution is 0.0154. The number of ether oxygens (including phenoxy) is 2. The van der Waals surface area contributed by atoms with Crippen molar-refractivity contribution in [2.45, 2.75) is 64.8 Å². The standard InChI is InChI=1S/C26H36N6O2/c1-19(2)21-17-29-32-23(21)30-24-28-18-26(11-14-33-15-12-26)10-6-3-7-13-34-22-9-5-4-8-20(22)16-27-25(32)31-24/h4-5,8-9,17,19H,3,6-7,10-16,18H2,1-2H3,(H2,27,28,30,31). The van der Waals surface area contributed by atoms with Gasteiger partial charge in [0.15, 0.2) is 5.65 Å². The summed E-state index contributed by atoms with van der Waals surface area (Å²) >= 11 is 0. The van der Waals surface area contributed by atoms with Crippen LogP contribution in [-0.2, 0) is 11.3 Å². The van der Waals surface area contributed by atoms with E-state index in [9.17, 15) is 0 Å². The van der Waals surface area contributed by atoms with Crippen LogP contribution >= 0.6 is 0 Å². The molecule has 3 aromatic rings. The molecule has 2 aromatic heterocycles. The third-order valence-corrected chi connectivity index (χ3v) is 7.21. The molecule has 0 atom stereocenters. The van der Waals surface area contributed by atoms with E-state index in [1.165, 1.54) is 19.3 Å². The number of hydrogen-bond acceptors (Lipinski definition) is 7.